The first kappa shape index (κ1) is 19.9. The van der Waals surface area contributed by atoms with Gasteiger partial charge >= 0.3 is 0 Å². The fourth-order valence-corrected chi connectivity index (χ4v) is 3.78. The number of amides is 1. The number of likely N-dealkylation sites (tertiary alicyclic amines) is 1. The van der Waals surface area contributed by atoms with Gasteiger partial charge in [0.1, 0.15) is 11.6 Å². The smallest absolute Gasteiger partial charge is 0.227 e. The number of nitrogens with zero attached hydrogens (tertiary/aromatic N) is 5. The third kappa shape index (κ3) is 3.87. The number of anilines is 1. The molecule has 156 valence electrons. The number of carbonyl (C=O) groups excluding carboxylic acids is 1. The summed E-state index contributed by atoms with van der Waals surface area (Å²) >= 11 is 0. The number of halogens is 2. The van der Waals surface area contributed by atoms with Crippen LogP contribution in [0.25, 0.3) is 11.3 Å². The Labute approximate surface area is 172 Å². The Kier molecular flexibility index (Phi) is 5.43. The Hall–Kier alpha value is -3.36. The highest BCUT2D eigenvalue weighted by Gasteiger charge is 2.33. The third-order valence-corrected chi connectivity index (χ3v) is 5.24. The number of carbonyl (C=O) groups is 1. The van der Waals surface area contributed by atoms with E-state index in [-0.39, 0.29) is 23.9 Å². The molecular weight excluding hydrogens is 390 g/mol. The molecule has 1 aliphatic rings. The van der Waals surface area contributed by atoms with E-state index in [9.17, 15) is 13.6 Å². The predicted molar refractivity (Wildman–Crippen MR) is 108 cm³/mol. The SMILES string of the molecule is CN(C)c1nccc(-c2cn[nH]c2[C@@H]2CCCN2C(=O)Cc2cc(F)ccc2F)n1. The van der Waals surface area contributed by atoms with E-state index in [0.29, 0.717) is 18.2 Å². The normalized spacial score (nSPS) is 16.1. The molecule has 0 unspecified atom stereocenters. The maximum atomic E-state index is 14.0. The van der Waals surface area contributed by atoms with Crippen molar-refractivity contribution in [2.24, 2.45) is 0 Å². The van der Waals surface area contributed by atoms with Gasteiger partial charge in [0, 0.05) is 38.0 Å². The van der Waals surface area contributed by atoms with Crippen molar-refractivity contribution in [2.75, 3.05) is 25.5 Å². The standard InChI is InChI=1S/C21H22F2N6O/c1-28(2)21-24-8-7-17(26-21)15-12-25-27-20(15)18-4-3-9-29(18)19(30)11-13-10-14(22)5-6-16(13)23/h5-8,10,12,18H,3-4,9,11H2,1-2H3,(H,25,27)/t18-/m0/s1. The molecule has 2 aromatic heterocycles. The van der Waals surface area contributed by atoms with E-state index in [1.165, 1.54) is 0 Å². The number of rotatable bonds is 5. The number of H-pyrrole nitrogens is 1. The minimum atomic E-state index is -0.583. The average Bonchev–Trinajstić information content (AvgIpc) is 3.39. The maximum Gasteiger partial charge on any atom is 0.227 e. The van der Waals surface area contributed by atoms with E-state index >= 15 is 0 Å². The lowest BCUT2D eigenvalue weighted by molar-refractivity contribution is -0.131. The molecule has 9 heteroatoms. The first-order valence-electron chi connectivity index (χ1n) is 9.71. The minimum Gasteiger partial charge on any atom is -0.347 e. The molecule has 0 aliphatic carbocycles. The highest BCUT2D eigenvalue weighted by Crippen LogP contribution is 2.36. The van der Waals surface area contributed by atoms with Gasteiger partial charge in [-0.3, -0.25) is 9.89 Å². The molecule has 4 rings (SSSR count). The highest BCUT2D eigenvalue weighted by molar-refractivity contribution is 5.80. The Morgan fingerprint density at radius 1 is 1.30 bits per heavy atom. The molecule has 1 aliphatic heterocycles. The fourth-order valence-electron chi connectivity index (χ4n) is 3.78. The molecule has 0 saturated carbocycles. The van der Waals surface area contributed by atoms with Crippen LogP contribution in [0.15, 0.2) is 36.7 Å². The quantitative estimate of drug-likeness (QED) is 0.697. The van der Waals surface area contributed by atoms with Crippen molar-refractivity contribution in [2.45, 2.75) is 25.3 Å². The van der Waals surface area contributed by atoms with Gasteiger partial charge in [-0.05, 0) is 37.1 Å². The molecule has 0 spiro atoms. The lowest BCUT2D eigenvalue weighted by Crippen LogP contribution is -2.32. The van der Waals surface area contributed by atoms with Crippen molar-refractivity contribution in [3.63, 3.8) is 0 Å². The van der Waals surface area contributed by atoms with E-state index in [1.807, 2.05) is 19.0 Å². The van der Waals surface area contributed by atoms with Gasteiger partial charge in [0.25, 0.3) is 0 Å². The number of hydrogen-bond donors (Lipinski definition) is 1. The molecule has 1 aromatic carbocycles. The lowest BCUT2D eigenvalue weighted by atomic mass is 10.0. The van der Waals surface area contributed by atoms with Gasteiger partial charge in [-0.25, -0.2) is 18.7 Å². The van der Waals surface area contributed by atoms with Crippen LogP contribution in [0.3, 0.4) is 0 Å². The van der Waals surface area contributed by atoms with Crippen molar-refractivity contribution in [3.8, 4) is 11.3 Å². The Bertz CT molecular complexity index is 1070. The first-order chi connectivity index (χ1) is 14.4. The molecular formula is C21H22F2N6O. The van der Waals surface area contributed by atoms with Crippen LogP contribution in [0.2, 0.25) is 0 Å². The molecule has 1 fully saturated rings. The summed E-state index contributed by atoms with van der Waals surface area (Å²) in [6.45, 7) is 0.547. The topological polar surface area (TPSA) is 78.0 Å². The lowest BCUT2D eigenvalue weighted by Gasteiger charge is -2.25. The number of aromatic nitrogens is 4. The van der Waals surface area contributed by atoms with E-state index in [4.69, 9.17) is 0 Å². The van der Waals surface area contributed by atoms with Crippen LogP contribution >= 0.6 is 0 Å². The number of hydrogen-bond acceptors (Lipinski definition) is 5. The van der Waals surface area contributed by atoms with E-state index in [2.05, 4.69) is 20.2 Å². The van der Waals surface area contributed by atoms with Crippen LogP contribution in [-0.2, 0) is 11.2 Å². The summed E-state index contributed by atoms with van der Waals surface area (Å²) in [4.78, 5) is 25.3. The maximum absolute atomic E-state index is 14.0. The monoisotopic (exact) mass is 412 g/mol. The molecule has 3 aromatic rings. The second-order valence-corrected chi connectivity index (χ2v) is 7.49. The van der Waals surface area contributed by atoms with Gasteiger partial charge in [0.2, 0.25) is 11.9 Å². The molecule has 1 atom stereocenters. The predicted octanol–water partition coefficient (Wildman–Crippen LogP) is 3.12. The second-order valence-electron chi connectivity index (χ2n) is 7.49. The van der Waals surface area contributed by atoms with Gasteiger partial charge in [-0.1, -0.05) is 0 Å². The van der Waals surface area contributed by atoms with Crippen molar-refractivity contribution >= 4 is 11.9 Å². The van der Waals surface area contributed by atoms with E-state index < -0.39 is 11.6 Å². The van der Waals surface area contributed by atoms with Crippen LogP contribution in [0, 0.1) is 11.6 Å². The summed E-state index contributed by atoms with van der Waals surface area (Å²) in [6.07, 6.45) is 4.73. The van der Waals surface area contributed by atoms with Gasteiger partial charge in [0.05, 0.1) is 30.0 Å². The third-order valence-electron chi connectivity index (χ3n) is 5.24. The molecule has 3 heterocycles. The minimum absolute atomic E-state index is 0.0573. The van der Waals surface area contributed by atoms with Crippen LogP contribution in [0.1, 0.15) is 30.1 Å². The van der Waals surface area contributed by atoms with Gasteiger partial charge in [-0.2, -0.15) is 5.10 Å². The molecule has 0 bridgehead atoms. The van der Waals surface area contributed by atoms with Crippen LogP contribution in [-0.4, -0.2) is 51.6 Å². The number of nitrogens with one attached hydrogen (secondary N) is 1. The first-order valence-corrected chi connectivity index (χ1v) is 9.71. The van der Waals surface area contributed by atoms with Crippen LogP contribution in [0.5, 0.6) is 0 Å². The van der Waals surface area contributed by atoms with Gasteiger partial charge in [-0.15, -0.1) is 0 Å². The molecule has 1 amide bonds. The van der Waals surface area contributed by atoms with Gasteiger partial charge < -0.3 is 9.80 Å². The van der Waals surface area contributed by atoms with Gasteiger partial charge in [0.15, 0.2) is 0 Å². The summed E-state index contributed by atoms with van der Waals surface area (Å²) in [5, 5.41) is 7.19. The van der Waals surface area contributed by atoms with E-state index in [0.717, 1.165) is 42.3 Å². The summed E-state index contributed by atoms with van der Waals surface area (Å²) in [6, 6.07) is 4.73. The summed E-state index contributed by atoms with van der Waals surface area (Å²) in [5.41, 5.74) is 2.33. The Balaban J connectivity index is 1.60. The summed E-state index contributed by atoms with van der Waals surface area (Å²) < 4.78 is 27.5. The zero-order chi connectivity index (χ0) is 21.3. The molecule has 7 nitrogen and oxygen atoms in total. The van der Waals surface area contributed by atoms with E-state index in [1.54, 1.807) is 23.4 Å². The fraction of sp³-hybridized carbons (Fsp3) is 0.333. The van der Waals surface area contributed by atoms with Crippen molar-refractivity contribution in [1.29, 1.82) is 0 Å². The van der Waals surface area contributed by atoms with Crippen LogP contribution < -0.4 is 4.90 Å². The molecule has 1 N–H and O–H groups in total. The summed E-state index contributed by atoms with van der Waals surface area (Å²) in [7, 11) is 3.72. The zero-order valence-electron chi connectivity index (χ0n) is 16.8. The van der Waals surface area contributed by atoms with Crippen LogP contribution in [0.4, 0.5) is 14.7 Å². The van der Waals surface area contributed by atoms with Crippen molar-refractivity contribution in [1.82, 2.24) is 25.1 Å². The average molecular weight is 412 g/mol. The zero-order valence-corrected chi connectivity index (χ0v) is 16.8. The largest absolute Gasteiger partial charge is 0.347 e. The Morgan fingerprint density at radius 3 is 2.93 bits per heavy atom. The Morgan fingerprint density at radius 2 is 2.13 bits per heavy atom. The number of benzene rings is 1. The molecule has 1 saturated heterocycles. The van der Waals surface area contributed by atoms with Crippen molar-refractivity contribution < 1.29 is 13.6 Å². The summed E-state index contributed by atoms with van der Waals surface area (Å²) in [5.74, 6) is -0.826. The van der Waals surface area contributed by atoms with Crippen molar-refractivity contribution in [3.05, 3.63) is 59.6 Å². The highest BCUT2D eigenvalue weighted by atomic mass is 19.1. The molecule has 0 radical (unpaired) electrons. The second kappa shape index (κ2) is 8.17. The molecule has 30 heavy (non-hydrogen) atoms. The number of aromatic amines is 1.